The Balaban J connectivity index is 2.11. The summed E-state index contributed by atoms with van der Waals surface area (Å²) in [6.07, 6.45) is 0.759. The second kappa shape index (κ2) is 6.49. The molecule has 1 aliphatic rings. The minimum absolute atomic E-state index is 0.118. The Labute approximate surface area is 121 Å². The van der Waals surface area contributed by atoms with Gasteiger partial charge in [0.25, 0.3) is 5.91 Å². The number of nitrogens with zero attached hydrogens (tertiary/aromatic N) is 2. The second-order valence-electron chi connectivity index (χ2n) is 4.88. The molecule has 1 aliphatic heterocycles. The molecular weight excluding hydrogens is 278 g/mol. The number of carbonyl (C=O) groups excluding carboxylic acids is 1. The third-order valence-electron chi connectivity index (χ3n) is 3.40. The second-order valence-corrected chi connectivity index (χ2v) is 4.88. The average Bonchev–Trinajstić information content (AvgIpc) is 2.47. The molecule has 0 bridgehead atoms. The highest BCUT2D eigenvalue weighted by Gasteiger charge is 2.36. The van der Waals surface area contributed by atoms with Gasteiger partial charge in [-0.3, -0.25) is 9.59 Å². The third kappa shape index (κ3) is 3.88. The van der Waals surface area contributed by atoms with Gasteiger partial charge in [0.15, 0.2) is 5.69 Å². The van der Waals surface area contributed by atoms with Gasteiger partial charge in [0.2, 0.25) is 5.88 Å². The predicted molar refractivity (Wildman–Crippen MR) is 71.1 cm³/mol. The quantitative estimate of drug-likeness (QED) is 0.800. The molecule has 2 rings (SSSR count). The molecule has 0 saturated carbocycles. The van der Waals surface area contributed by atoms with Gasteiger partial charge in [-0.1, -0.05) is 0 Å². The Morgan fingerprint density at radius 1 is 1.38 bits per heavy atom. The fourth-order valence-electron chi connectivity index (χ4n) is 2.25. The van der Waals surface area contributed by atoms with Crippen LogP contribution in [0.5, 0.6) is 5.88 Å². The molecule has 1 amide bonds. The number of amides is 1. The van der Waals surface area contributed by atoms with E-state index in [1.54, 1.807) is 0 Å². The van der Waals surface area contributed by atoms with Gasteiger partial charge in [-0.25, -0.2) is 0 Å². The summed E-state index contributed by atoms with van der Waals surface area (Å²) in [6.45, 7) is 0.837. The molecule has 2 N–H and O–H groups in total. The number of hydrogen-bond acceptors (Lipinski definition) is 6. The van der Waals surface area contributed by atoms with E-state index in [4.69, 9.17) is 14.6 Å². The minimum Gasteiger partial charge on any atom is -0.481 e. The normalized spacial score (nSPS) is 17.0. The van der Waals surface area contributed by atoms with E-state index in [0.717, 1.165) is 0 Å². The van der Waals surface area contributed by atoms with Crippen molar-refractivity contribution in [1.82, 2.24) is 15.5 Å². The van der Waals surface area contributed by atoms with Gasteiger partial charge in [0, 0.05) is 19.3 Å². The highest BCUT2D eigenvalue weighted by atomic mass is 16.5. The van der Waals surface area contributed by atoms with Crippen LogP contribution in [0.1, 0.15) is 29.8 Å². The Bertz CT molecular complexity index is 511. The molecule has 1 aromatic heterocycles. The summed E-state index contributed by atoms with van der Waals surface area (Å²) in [5.41, 5.74) is -0.685. The topological polar surface area (TPSA) is 111 Å². The molecule has 2 heterocycles. The van der Waals surface area contributed by atoms with Crippen LogP contribution < -0.4 is 10.1 Å². The van der Waals surface area contributed by atoms with Crippen molar-refractivity contribution in [3.63, 3.8) is 0 Å². The van der Waals surface area contributed by atoms with E-state index < -0.39 is 17.4 Å². The number of nitrogens with one attached hydrogen (secondary N) is 1. The first-order valence-corrected chi connectivity index (χ1v) is 6.54. The minimum atomic E-state index is -0.960. The lowest BCUT2D eigenvalue weighted by atomic mass is 9.86. The summed E-state index contributed by atoms with van der Waals surface area (Å²) in [6, 6.07) is 3.00. The van der Waals surface area contributed by atoms with Crippen molar-refractivity contribution in [3.05, 3.63) is 17.8 Å². The number of ether oxygens (including phenoxy) is 2. The van der Waals surface area contributed by atoms with Crippen LogP contribution in [0.3, 0.4) is 0 Å². The zero-order chi connectivity index (χ0) is 15.3. The van der Waals surface area contributed by atoms with Crippen molar-refractivity contribution >= 4 is 11.9 Å². The lowest BCUT2D eigenvalue weighted by Crippen LogP contribution is -2.53. The number of aromatic nitrogens is 2. The number of carbonyl (C=O) groups is 2. The third-order valence-corrected chi connectivity index (χ3v) is 3.40. The van der Waals surface area contributed by atoms with Crippen LogP contribution in [-0.2, 0) is 9.53 Å². The number of carboxylic acid groups (broad SMARTS) is 1. The average molecular weight is 295 g/mol. The van der Waals surface area contributed by atoms with Crippen LogP contribution in [0.25, 0.3) is 0 Å². The fourth-order valence-corrected chi connectivity index (χ4v) is 2.25. The molecule has 8 heteroatoms. The van der Waals surface area contributed by atoms with Crippen LogP contribution >= 0.6 is 0 Å². The zero-order valence-corrected chi connectivity index (χ0v) is 11.7. The molecule has 0 aromatic carbocycles. The van der Waals surface area contributed by atoms with E-state index in [-0.39, 0.29) is 12.1 Å². The molecule has 0 spiro atoms. The molecule has 0 atom stereocenters. The van der Waals surface area contributed by atoms with E-state index in [0.29, 0.717) is 31.9 Å². The highest BCUT2D eigenvalue weighted by Crippen LogP contribution is 2.25. The summed E-state index contributed by atoms with van der Waals surface area (Å²) in [5.74, 6) is -1.11. The van der Waals surface area contributed by atoms with Crippen molar-refractivity contribution in [1.29, 1.82) is 0 Å². The van der Waals surface area contributed by atoms with Crippen molar-refractivity contribution < 1.29 is 24.2 Å². The number of aliphatic carboxylic acids is 1. The van der Waals surface area contributed by atoms with Gasteiger partial charge < -0.3 is 19.9 Å². The summed E-state index contributed by atoms with van der Waals surface area (Å²) >= 11 is 0. The molecule has 1 saturated heterocycles. The van der Waals surface area contributed by atoms with Crippen LogP contribution in [-0.4, -0.2) is 53.0 Å². The standard InChI is InChI=1S/C13H17N3O5/c1-20-10-3-2-9(15-16-10)12(19)14-13(8-11(17)18)4-6-21-7-5-13/h2-3H,4-8H2,1H3,(H,14,19)(H,17,18). The highest BCUT2D eigenvalue weighted by molar-refractivity contribution is 5.93. The molecule has 1 fully saturated rings. The van der Waals surface area contributed by atoms with Crippen molar-refractivity contribution in [2.24, 2.45) is 0 Å². The maximum Gasteiger partial charge on any atom is 0.305 e. The van der Waals surface area contributed by atoms with Crippen LogP contribution in [0.2, 0.25) is 0 Å². The number of rotatable bonds is 5. The first-order valence-electron chi connectivity index (χ1n) is 6.54. The molecule has 21 heavy (non-hydrogen) atoms. The van der Waals surface area contributed by atoms with Crippen molar-refractivity contribution in [2.75, 3.05) is 20.3 Å². The van der Waals surface area contributed by atoms with Gasteiger partial charge >= 0.3 is 5.97 Å². The molecule has 0 aliphatic carbocycles. The van der Waals surface area contributed by atoms with Gasteiger partial charge in [-0.05, 0) is 18.9 Å². The van der Waals surface area contributed by atoms with E-state index >= 15 is 0 Å². The summed E-state index contributed by atoms with van der Waals surface area (Å²) in [5, 5.41) is 19.3. The van der Waals surface area contributed by atoms with Gasteiger partial charge in [-0.2, -0.15) is 0 Å². The molecule has 0 unspecified atom stereocenters. The van der Waals surface area contributed by atoms with Gasteiger partial charge in [-0.15, -0.1) is 10.2 Å². The fraction of sp³-hybridized carbons (Fsp3) is 0.538. The first-order chi connectivity index (χ1) is 10.0. The maximum absolute atomic E-state index is 12.2. The lowest BCUT2D eigenvalue weighted by Gasteiger charge is -2.36. The van der Waals surface area contributed by atoms with Gasteiger partial charge in [0.05, 0.1) is 19.1 Å². The molecule has 0 radical (unpaired) electrons. The monoisotopic (exact) mass is 295 g/mol. The smallest absolute Gasteiger partial charge is 0.305 e. The van der Waals surface area contributed by atoms with Crippen LogP contribution in [0.15, 0.2) is 12.1 Å². The molecular formula is C13H17N3O5. The van der Waals surface area contributed by atoms with Crippen molar-refractivity contribution in [3.8, 4) is 5.88 Å². The lowest BCUT2D eigenvalue weighted by molar-refractivity contribution is -0.139. The van der Waals surface area contributed by atoms with Crippen LogP contribution in [0.4, 0.5) is 0 Å². The number of methoxy groups -OCH3 is 1. The van der Waals surface area contributed by atoms with Crippen molar-refractivity contribution in [2.45, 2.75) is 24.8 Å². The Morgan fingerprint density at radius 3 is 2.62 bits per heavy atom. The number of hydrogen-bond donors (Lipinski definition) is 2. The summed E-state index contributed by atoms with van der Waals surface area (Å²) in [4.78, 5) is 23.2. The Hall–Kier alpha value is -2.22. The van der Waals surface area contributed by atoms with E-state index in [9.17, 15) is 9.59 Å². The Kier molecular flexibility index (Phi) is 4.69. The number of carboxylic acids is 1. The van der Waals surface area contributed by atoms with E-state index in [2.05, 4.69) is 15.5 Å². The maximum atomic E-state index is 12.2. The SMILES string of the molecule is COc1ccc(C(=O)NC2(CC(=O)O)CCOCC2)nn1. The first kappa shape index (κ1) is 15.2. The van der Waals surface area contributed by atoms with Gasteiger partial charge in [0.1, 0.15) is 0 Å². The van der Waals surface area contributed by atoms with Crippen LogP contribution in [0, 0.1) is 0 Å². The molecule has 1 aromatic rings. The summed E-state index contributed by atoms with van der Waals surface area (Å²) in [7, 11) is 1.45. The largest absolute Gasteiger partial charge is 0.481 e. The Morgan fingerprint density at radius 2 is 2.10 bits per heavy atom. The zero-order valence-electron chi connectivity index (χ0n) is 11.7. The van der Waals surface area contributed by atoms with E-state index in [1.807, 2.05) is 0 Å². The predicted octanol–water partition coefficient (Wildman–Crippen LogP) is 0.239. The molecule has 114 valence electrons. The van der Waals surface area contributed by atoms with E-state index in [1.165, 1.54) is 19.2 Å². The molecule has 8 nitrogen and oxygen atoms in total. The summed E-state index contributed by atoms with van der Waals surface area (Å²) < 4.78 is 10.1.